The first kappa shape index (κ1) is 17.3. The van der Waals surface area contributed by atoms with Crippen LogP contribution >= 0.6 is 12.4 Å². The number of aromatic hydroxyl groups is 4. The maximum absolute atomic E-state index is 11.5. The Hall–Kier alpha value is -3.06. The highest BCUT2D eigenvalue weighted by Gasteiger charge is 2.20. The van der Waals surface area contributed by atoms with Crippen molar-refractivity contribution in [2.45, 2.75) is 0 Å². The third-order valence-electron chi connectivity index (χ3n) is 3.36. The molecule has 1 aliphatic carbocycles. The van der Waals surface area contributed by atoms with Crippen LogP contribution in [0.5, 0.6) is 28.7 Å². The Labute approximate surface area is 141 Å². The minimum Gasteiger partial charge on any atom is -0.507 e. The molecule has 0 fully saturated rings. The van der Waals surface area contributed by atoms with Gasteiger partial charge in [-0.2, -0.15) is 0 Å². The predicted octanol–water partition coefficient (Wildman–Crippen LogP) is 2.66. The molecular formula is C16H13ClO7. The van der Waals surface area contributed by atoms with E-state index in [0.29, 0.717) is 0 Å². The van der Waals surface area contributed by atoms with Crippen LogP contribution in [-0.2, 0) is 0 Å². The largest absolute Gasteiger partial charge is 0.507 e. The number of fused-ring (bicyclic) bond motifs is 1. The molecule has 1 aromatic rings. The number of phenols is 3. The van der Waals surface area contributed by atoms with E-state index < -0.39 is 16.9 Å². The minimum absolute atomic E-state index is 0. The summed E-state index contributed by atoms with van der Waals surface area (Å²) in [6, 6.07) is 5.92. The normalized spacial score (nSPS) is 10.4. The monoisotopic (exact) mass is 352 g/mol. The molecule has 0 atom stereocenters. The molecule has 24 heavy (non-hydrogen) atoms. The molecule has 1 aliphatic heterocycles. The predicted molar refractivity (Wildman–Crippen MR) is 87.5 cm³/mol. The zero-order valence-electron chi connectivity index (χ0n) is 12.3. The summed E-state index contributed by atoms with van der Waals surface area (Å²) in [7, 11) is 1.30. The van der Waals surface area contributed by atoms with Gasteiger partial charge in [0.2, 0.25) is 5.75 Å². The van der Waals surface area contributed by atoms with Gasteiger partial charge < -0.3 is 29.6 Å². The lowest BCUT2D eigenvalue weighted by molar-refractivity contribution is 0.351. The van der Waals surface area contributed by atoms with Gasteiger partial charge in [0, 0.05) is 17.7 Å². The Balaban J connectivity index is 0.00000208. The molecule has 7 nitrogen and oxygen atoms in total. The van der Waals surface area contributed by atoms with E-state index in [0.717, 1.165) is 12.1 Å². The van der Waals surface area contributed by atoms with Gasteiger partial charge in [-0.1, -0.05) is 0 Å². The maximum Gasteiger partial charge on any atom is 0.200 e. The molecule has 0 unspecified atom stereocenters. The van der Waals surface area contributed by atoms with Crippen LogP contribution in [0.2, 0.25) is 0 Å². The van der Waals surface area contributed by atoms with E-state index >= 15 is 0 Å². The van der Waals surface area contributed by atoms with Crippen molar-refractivity contribution in [1.29, 1.82) is 0 Å². The molecule has 4 N–H and O–H groups in total. The van der Waals surface area contributed by atoms with E-state index in [1.54, 1.807) is 0 Å². The van der Waals surface area contributed by atoms with E-state index in [2.05, 4.69) is 0 Å². The Morgan fingerprint density at radius 1 is 0.917 bits per heavy atom. The fourth-order valence-corrected chi connectivity index (χ4v) is 2.27. The van der Waals surface area contributed by atoms with Crippen LogP contribution < -0.4 is 10.2 Å². The molecule has 0 saturated carbocycles. The number of benzene rings is 2. The number of methoxy groups -OCH3 is 1. The van der Waals surface area contributed by atoms with Gasteiger partial charge in [-0.3, -0.25) is 4.79 Å². The van der Waals surface area contributed by atoms with Crippen molar-refractivity contribution in [3.8, 4) is 51.4 Å². The van der Waals surface area contributed by atoms with Crippen LogP contribution in [0.3, 0.4) is 0 Å². The molecule has 0 amide bonds. The van der Waals surface area contributed by atoms with Gasteiger partial charge in [0.25, 0.3) is 0 Å². The van der Waals surface area contributed by atoms with Crippen LogP contribution in [0.4, 0.5) is 0 Å². The van der Waals surface area contributed by atoms with Gasteiger partial charge in [0.05, 0.1) is 12.7 Å². The van der Waals surface area contributed by atoms with E-state index in [9.17, 15) is 25.2 Å². The lowest BCUT2D eigenvalue weighted by Gasteiger charge is -2.13. The first-order valence-corrected chi connectivity index (χ1v) is 6.51. The van der Waals surface area contributed by atoms with Gasteiger partial charge in [-0.25, -0.2) is 0 Å². The molecule has 3 rings (SSSR count). The average molecular weight is 353 g/mol. The summed E-state index contributed by atoms with van der Waals surface area (Å²) < 4.78 is 10.4. The average Bonchev–Trinajstić information content (AvgIpc) is 2.50. The number of hydrogen-bond donors (Lipinski definition) is 4. The van der Waals surface area contributed by atoms with Crippen molar-refractivity contribution in [1.82, 2.24) is 0 Å². The molecule has 1 heterocycles. The summed E-state index contributed by atoms with van der Waals surface area (Å²) in [6.07, 6.45) is 0. The van der Waals surface area contributed by atoms with Crippen molar-refractivity contribution in [2.75, 3.05) is 7.11 Å². The molecule has 8 heteroatoms. The lowest BCUT2D eigenvalue weighted by Crippen LogP contribution is -1.99. The molecule has 0 saturated heterocycles. The highest BCUT2D eigenvalue weighted by Crippen LogP contribution is 2.44. The molecule has 0 bridgehead atoms. The molecule has 0 spiro atoms. The molecule has 0 radical (unpaired) electrons. The fourth-order valence-electron chi connectivity index (χ4n) is 2.27. The summed E-state index contributed by atoms with van der Waals surface area (Å²) in [5.74, 6) is -1.56. The van der Waals surface area contributed by atoms with Gasteiger partial charge in [-0.15, -0.1) is 12.4 Å². The Morgan fingerprint density at radius 2 is 1.62 bits per heavy atom. The summed E-state index contributed by atoms with van der Waals surface area (Å²) in [6.45, 7) is 0. The Bertz CT molecular complexity index is 933. The Morgan fingerprint density at radius 3 is 2.29 bits per heavy atom. The van der Waals surface area contributed by atoms with Crippen LogP contribution in [0.15, 0.2) is 39.5 Å². The maximum atomic E-state index is 11.5. The van der Waals surface area contributed by atoms with E-state index in [4.69, 9.17) is 9.15 Å². The number of halogens is 1. The minimum atomic E-state index is -0.463. The Kier molecular flexibility index (Phi) is 4.48. The zero-order valence-corrected chi connectivity index (χ0v) is 13.1. The quantitative estimate of drug-likeness (QED) is 0.523. The molecule has 1 aromatic carbocycles. The second-order valence-corrected chi connectivity index (χ2v) is 4.86. The summed E-state index contributed by atoms with van der Waals surface area (Å²) in [5, 5.41) is 39.2. The second-order valence-electron chi connectivity index (χ2n) is 4.86. The van der Waals surface area contributed by atoms with Crippen molar-refractivity contribution < 1.29 is 29.6 Å². The number of hydrogen-bond acceptors (Lipinski definition) is 7. The van der Waals surface area contributed by atoms with Crippen LogP contribution in [-0.4, -0.2) is 27.5 Å². The van der Waals surface area contributed by atoms with Crippen LogP contribution in [0, 0.1) is 0 Å². The first-order valence-electron chi connectivity index (χ1n) is 6.51. The highest BCUT2D eigenvalue weighted by atomic mass is 35.5. The van der Waals surface area contributed by atoms with Gasteiger partial charge in [0.1, 0.15) is 11.5 Å². The third-order valence-corrected chi connectivity index (χ3v) is 3.36. The smallest absolute Gasteiger partial charge is 0.200 e. The van der Waals surface area contributed by atoms with Gasteiger partial charge in [0.15, 0.2) is 28.4 Å². The standard InChI is InChI=1S/C16H12O7.ClH/c1-22-14-3-7(2-11(19)15(14)21)16-12(20)6-9-10(18)4-8(17)5-13(9)23-16;/h2-6,18-21H,1H3;1H. The van der Waals surface area contributed by atoms with Gasteiger partial charge in [-0.05, 0) is 18.2 Å². The molecular weight excluding hydrogens is 340 g/mol. The zero-order chi connectivity index (χ0) is 16.7. The van der Waals surface area contributed by atoms with Crippen LogP contribution in [0.1, 0.15) is 0 Å². The number of rotatable bonds is 2. The van der Waals surface area contributed by atoms with Crippen molar-refractivity contribution in [3.05, 3.63) is 40.6 Å². The van der Waals surface area contributed by atoms with E-state index in [1.807, 2.05) is 0 Å². The van der Waals surface area contributed by atoms with Gasteiger partial charge >= 0.3 is 0 Å². The molecule has 2 aliphatic rings. The third kappa shape index (κ3) is 2.77. The lowest BCUT2D eigenvalue weighted by atomic mass is 10.1. The van der Waals surface area contributed by atoms with Crippen molar-refractivity contribution in [3.63, 3.8) is 0 Å². The highest BCUT2D eigenvalue weighted by molar-refractivity contribution is 5.85. The van der Waals surface area contributed by atoms with Crippen LogP contribution in [0.25, 0.3) is 22.6 Å². The van der Waals surface area contributed by atoms with E-state index in [1.165, 1.54) is 25.3 Å². The first-order chi connectivity index (χ1) is 10.9. The number of phenolic OH excluding ortho intramolecular Hbond substituents is 3. The molecule has 0 aromatic heterocycles. The van der Waals surface area contributed by atoms with E-state index in [-0.39, 0.29) is 52.3 Å². The van der Waals surface area contributed by atoms with Crippen molar-refractivity contribution >= 4 is 12.4 Å². The summed E-state index contributed by atoms with van der Waals surface area (Å²) in [4.78, 5) is 11.5. The second kappa shape index (κ2) is 6.21. The SMILES string of the molecule is COc1cc(-c2oc3cc(=O)cc(O)c-3cc2O)cc(O)c1O.Cl. The van der Waals surface area contributed by atoms with Crippen molar-refractivity contribution in [2.24, 2.45) is 0 Å². The summed E-state index contributed by atoms with van der Waals surface area (Å²) >= 11 is 0. The topological polar surface area (TPSA) is 120 Å². The number of ether oxygens (including phenoxy) is 1. The molecule has 126 valence electrons. The summed E-state index contributed by atoms with van der Waals surface area (Å²) in [5.41, 5.74) is -0.0744. The fraction of sp³-hybridized carbons (Fsp3) is 0.0625.